The van der Waals surface area contributed by atoms with Crippen molar-refractivity contribution in [3.05, 3.63) is 17.2 Å². The standard InChI is InChI=1S/C8H11ClN2O/c1-11-6(4-10-8(11)9)5-2-3-7(5)12/h4-5,7,12H,2-3H2,1H3. The van der Waals surface area contributed by atoms with Crippen LogP contribution >= 0.6 is 11.6 Å². The van der Waals surface area contributed by atoms with E-state index in [2.05, 4.69) is 4.98 Å². The molecule has 1 aromatic rings. The molecule has 4 heteroatoms. The zero-order chi connectivity index (χ0) is 8.72. The first-order valence-electron chi connectivity index (χ1n) is 4.05. The van der Waals surface area contributed by atoms with E-state index in [0.29, 0.717) is 5.28 Å². The van der Waals surface area contributed by atoms with E-state index in [-0.39, 0.29) is 12.0 Å². The van der Waals surface area contributed by atoms with Crippen molar-refractivity contribution in [2.45, 2.75) is 24.9 Å². The van der Waals surface area contributed by atoms with Gasteiger partial charge in [0.25, 0.3) is 0 Å². The summed E-state index contributed by atoms with van der Waals surface area (Å²) in [6, 6.07) is 0. The average molecular weight is 187 g/mol. The molecule has 1 fully saturated rings. The second-order valence-corrected chi connectivity index (χ2v) is 3.60. The molecule has 1 heterocycles. The molecule has 0 aromatic carbocycles. The molecule has 1 saturated carbocycles. The third kappa shape index (κ3) is 1.04. The van der Waals surface area contributed by atoms with E-state index in [9.17, 15) is 5.11 Å². The predicted octanol–water partition coefficient (Wildman–Crippen LogP) is 1.31. The Labute approximate surface area is 76.0 Å². The Morgan fingerprint density at radius 3 is 2.75 bits per heavy atom. The Bertz CT molecular complexity index is 297. The number of nitrogens with zero attached hydrogens (tertiary/aromatic N) is 2. The van der Waals surface area contributed by atoms with Crippen LogP contribution in [0.2, 0.25) is 5.28 Å². The van der Waals surface area contributed by atoms with Crippen molar-refractivity contribution < 1.29 is 5.11 Å². The van der Waals surface area contributed by atoms with E-state index >= 15 is 0 Å². The van der Waals surface area contributed by atoms with E-state index < -0.39 is 0 Å². The van der Waals surface area contributed by atoms with Crippen LogP contribution < -0.4 is 0 Å². The number of hydrogen-bond acceptors (Lipinski definition) is 2. The van der Waals surface area contributed by atoms with Gasteiger partial charge in [0.1, 0.15) is 0 Å². The molecular weight excluding hydrogens is 176 g/mol. The van der Waals surface area contributed by atoms with Gasteiger partial charge in [0.15, 0.2) is 0 Å². The summed E-state index contributed by atoms with van der Waals surface area (Å²) < 4.78 is 1.83. The third-order valence-electron chi connectivity index (χ3n) is 2.59. The van der Waals surface area contributed by atoms with E-state index in [1.807, 2.05) is 11.6 Å². The first kappa shape index (κ1) is 8.08. The van der Waals surface area contributed by atoms with Crippen LogP contribution in [0.3, 0.4) is 0 Å². The second kappa shape index (κ2) is 2.75. The van der Waals surface area contributed by atoms with Crippen molar-refractivity contribution in [3.63, 3.8) is 0 Å². The Hall–Kier alpha value is -0.540. The summed E-state index contributed by atoms with van der Waals surface area (Å²) in [4.78, 5) is 3.97. The molecular formula is C8H11ClN2O. The van der Waals surface area contributed by atoms with E-state index in [0.717, 1.165) is 18.5 Å². The van der Waals surface area contributed by atoms with Crippen molar-refractivity contribution >= 4 is 11.6 Å². The molecule has 2 unspecified atom stereocenters. The molecule has 0 spiro atoms. The monoisotopic (exact) mass is 186 g/mol. The van der Waals surface area contributed by atoms with Gasteiger partial charge in [-0.1, -0.05) is 0 Å². The Balaban J connectivity index is 2.28. The zero-order valence-corrected chi connectivity index (χ0v) is 7.62. The van der Waals surface area contributed by atoms with Gasteiger partial charge in [0.05, 0.1) is 12.3 Å². The van der Waals surface area contributed by atoms with Gasteiger partial charge >= 0.3 is 0 Å². The van der Waals surface area contributed by atoms with Crippen molar-refractivity contribution in [2.24, 2.45) is 7.05 Å². The topological polar surface area (TPSA) is 38.0 Å². The molecule has 0 bridgehead atoms. The fourth-order valence-corrected chi connectivity index (χ4v) is 1.72. The molecule has 12 heavy (non-hydrogen) atoms. The molecule has 0 radical (unpaired) electrons. The summed E-state index contributed by atoms with van der Waals surface area (Å²) >= 11 is 5.77. The van der Waals surface area contributed by atoms with Crippen LogP contribution in [0.4, 0.5) is 0 Å². The normalized spacial score (nSPS) is 28.6. The van der Waals surface area contributed by atoms with Gasteiger partial charge in [-0.15, -0.1) is 0 Å². The quantitative estimate of drug-likeness (QED) is 0.718. The van der Waals surface area contributed by atoms with Gasteiger partial charge in [-0.05, 0) is 24.4 Å². The van der Waals surface area contributed by atoms with Crippen molar-refractivity contribution in [1.82, 2.24) is 9.55 Å². The van der Waals surface area contributed by atoms with E-state index in [4.69, 9.17) is 11.6 Å². The van der Waals surface area contributed by atoms with Gasteiger partial charge in [-0.3, -0.25) is 0 Å². The Morgan fingerprint density at radius 2 is 2.42 bits per heavy atom. The van der Waals surface area contributed by atoms with E-state index in [1.165, 1.54) is 0 Å². The molecule has 66 valence electrons. The molecule has 1 aliphatic rings. The second-order valence-electron chi connectivity index (χ2n) is 3.26. The van der Waals surface area contributed by atoms with Crippen LogP contribution in [0.25, 0.3) is 0 Å². The van der Waals surface area contributed by atoms with Gasteiger partial charge in [0.2, 0.25) is 5.28 Å². The number of aliphatic hydroxyl groups excluding tert-OH is 1. The number of aromatic nitrogens is 2. The highest BCUT2D eigenvalue weighted by atomic mass is 35.5. The minimum Gasteiger partial charge on any atom is -0.392 e. The lowest BCUT2D eigenvalue weighted by atomic mass is 9.80. The fraction of sp³-hybridized carbons (Fsp3) is 0.625. The minimum atomic E-state index is -0.198. The number of imidazole rings is 1. The van der Waals surface area contributed by atoms with Crippen LogP contribution in [-0.2, 0) is 7.05 Å². The molecule has 3 nitrogen and oxygen atoms in total. The first-order valence-corrected chi connectivity index (χ1v) is 4.43. The van der Waals surface area contributed by atoms with Gasteiger partial charge in [-0.2, -0.15) is 0 Å². The average Bonchev–Trinajstić information content (AvgIpc) is 2.34. The molecule has 0 amide bonds. The first-order chi connectivity index (χ1) is 5.70. The highest BCUT2D eigenvalue weighted by Crippen LogP contribution is 2.37. The lowest BCUT2D eigenvalue weighted by Crippen LogP contribution is -2.30. The number of halogens is 1. The van der Waals surface area contributed by atoms with Gasteiger partial charge < -0.3 is 9.67 Å². The van der Waals surface area contributed by atoms with Crippen molar-refractivity contribution in [1.29, 1.82) is 0 Å². The summed E-state index contributed by atoms with van der Waals surface area (Å²) in [5, 5.41) is 9.90. The zero-order valence-electron chi connectivity index (χ0n) is 6.87. The number of aliphatic hydroxyl groups is 1. The van der Waals surface area contributed by atoms with Gasteiger partial charge in [0, 0.05) is 18.7 Å². The van der Waals surface area contributed by atoms with Gasteiger partial charge in [-0.25, -0.2) is 4.98 Å². The SMILES string of the molecule is Cn1c(C2CCC2O)cnc1Cl. The van der Waals surface area contributed by atoms with Crippen molar-refractivity contribution in [2.75, 3.05) is 0 Å². The summed E-state index contributed by atoms with van der Waals surface area (Å²) in [6.07, 6.45) is 3.48. The third-order valence-corrected chi connectivity index (χ3v) is 2.94. The predicted molar refractivity (Wildman–Crippen MR) is 46.2 cm³/mol. The molecule has 0 saturated heterocycles. The fourth-order valence-electron chi connectivity index (χ4n) is 1.57. The van der Waals surface area contributed by atoms with Crippen LogP contribution in [-0.4, -0.2) is 20.8 Å². The highest BCUT2D eigenvalue weighted by Gasteiger charge is 2.32. The largest absolute Gasteiger partial charge is 0.392 e. The molecule has 1 aliphatic carbocycles. The summed E-state index contributed by atoms with van der Waals surface area (Å²) in [5.74, 6) is 0.245. The van der Waals surface area contributed by atoms with Crippen LogP contribution in [0.15, 0.2) is 6.20 Å². The molecule has 2 atom stereocenters. The summed E-state index contributed by atoms with van der Waals surface area (Å²) in [7, 11) is 1.87. The van der Waals surface area contributed by atoms with Crippen LogP contribution in [0, 0.1) is 0 Å². The maximum absolute atomic E-state index is 9.41. The minimum absolute atomic E-state index is 0.198. The van der Waals surface area contributed by atoms with Crippen molar-refractivity contribution in [3.8, 4) is 0 Å². The lowest BCUT2D eigenvalue weighted by molar-refractivity contribution is 0.0629. The van der Waals surface area contributed by atoms with E-state index in [1.54, 1.807) is 6.20 Å². The Kier molecular flexibility index (Phi) is 1.85. The summed E-state index contributed by atoms with van der Waals surface area (Å²) in [6.45, 7) is 0. The maximum Gasteiger partial charge on any atom is 0.202 e. The molecule has 1 N–H and O–H groups in total. The molecule has 1 aromatic heterocycles. The van der Waals surface area contributed by atoms with Crippen LogP contribution in [0.1, 0.15) is 24.5 Å². The molecule has 2 rings (SSSR count). The van der Waals surface area contributed by atoms with Crippen LogP contribution in [0.5, 0.6) is 0 Å². The Morgan fingerprint density at radius 1 is 1.67 bits per heavy atom. The smallest absolute Gasteiger partial charge is 0.202 e. The molecule has 0 aliphatic heterocycles. The number of rotatable bonds is 1. The number of hydrogen-bond donors (Lipinski definition) is 1. The summed E-state index contributed by atoms with van der Waals surface area (Å²) in [5.41, 5.74) is 1.04. The highest BCUT2D eigenvalue weighted by molar-refractivity contribution is 6.28. The maximum atomic E-state index is 9.41. The lowest BCUT2D eigenvalue weighted by Gasteiger charge is -2.32.